The van der Waals surface area contributed by atoms with Crippen LogP contribution in [0.5, 0.6) is 0 Å². The molecule has 0 saturated carbocycles. The number of thiophene rings is 1. The van der Waals surface area contributed by atoms with Crippen molar-refractivity contribution in [1.29, 1.82) is 0 Å². The second kappa shape index (κ2) is 6.34. The average molecular weight is 372 g/mol. The molecule has 20 heavy (non-hydrogen) atoms. The Morgan fingerprint density at radius 1 is 1.35 bits per heavy atom. The maximum Gasteiger partial charge on any atom is 0.273 e. The summed E-state index contributed by atoms with van der Waals surface area (Å²) in [5.41, 5.74) is 0.566. The molecular weight excluding hydrogens is 358 g/mol. The fraction of sp³-hybridized carbons (Fsp3) is 0.385. The van der Waals surface area contributed by atoms with Gasteiger partial charge in [-0.1, -0.05) is 0 Å². The van der Waals surface area contributed by atoms with Gasteiger partial charge in [-0.2, -0.15) is 0 Å². The Balaban J connectivity index is 1.77. The number of nitrogens with zero attached hydrogens (tertiary/aromatic N) is 2. The molecule has 2 aromatic rings. The van der Waals surface area contributed by atoms with E-state index in [0.29, 0.717) is 5.69 Å². The summed E-state index contributed by atoms with van der Waals surface area (Å²) >= 11 is 6.61. The summed E-state index contributed by atoms with van der Waals surface area (Å²) in [7, 11) is 0. The SMILES string of the molecule is O=C(c1csc(-c2ccc(Br)s2)n1)N1CCCNCC1. The largest absolute Gasteiger partial charge is 0.336 e. The van der Waals surface area contributed by atoms with Crippen molar-refractivity contribution in [3.8, 4) is 9.88 Å². The molecule has 106 valence electrons. The van der Waals surface area contributed by atoms with Crippen LogP contribution < -0.4 is 5.32 Å². The maximum absolute atomic E-state index is 12.4. The van der Waals surface area contributed by atoms with Crippen molar-refractivity contribution in [3.63, 3.8) is 0 Å². The number of nitrogens with one attached hydrogen (secondary N) is 1. The molecule has 1 aliphatic rings. The fourth-order valence-electron chi connectivity index (χ4n) is 2.13. The number of aromatic nitrogens is 1. The van der Waals surface area contributed by atoms with E-state index in [1.165, 1.54) is 11.3 Å². The number of thiazole rings is 1. The molecular formula is C13H14BrN3OS2. The first-order valence-corrected chi connectivity index (χ1v) is 8.94. The zero-order chi connectivity index (χ0) is 13.9. The highest BCUT2D eigenvalue weighted by atomic mass is 79.9. The van der Waals surface area contributed by atoms with Crippen LogP contribution in [0.3, 0.4) is 0 Å². The minimum Gasteiger partial charge on any atom is -0.336 e. The molecule has 1 saturated heterocycles. The summed E-state index contributed by atoms with van der Waals surface area (Å²) in [5, 5.41) is 6.08. The predicted octanol–water partition coefficient (Wildman–Crippen LogP) is 3.07. The maximum atomic E-state index is 12.4. The van der Waals surface area contributed by atoms with Crippen LogP contribution in [0.1, 0.15) is 16.9 Å². The molecule has 1 aliphatic heterocycles. The third-order valence-corrected chi connectivity index (χ3v) is 5.77. The third kappa shape index (κ3) is 3.11. The monoisotopic (exact) mass is 371 g/mol. The summed E-state index contributed by atoms with van der Waals surface area (Å²) in [6.45, 7) is 3.41. The lowest BCUT2D eigenvalue weighted by Gasteiger charge is -2.18. The van der Waals surface area contributed by atoms with E-state index in [2.05, 4.69) is 26.2 Å². The van der Waals surface area contributed by atoms with Crippen molar-refractivity contribution >= 4 is 44.5 Å². The molecule has 1 N–H and O–H groups in total. The standard InChI is InChI=1S/C13H14BrN3OS2/c14-11-3-2-10(20-11)12-16-9(8-19-12)13(18)17-6-1-4-15-5-7-17/h2-3,8,15H,1,4-7H2. The normalized spacial score (nSPS) is 16.1. The van der Waals surface area contributed by atoms with E-state index in [1.807, 2.05) is 22.4 Å². The predicted molar refractivity (Wildman–Crippen MR) is 86.5 cm³/mol. The molecule has 0 unspecified atom stereocenters. The van der Waals surface area contributed by atoms with Crippen molar-refractivity contribution in [3.05, 3.63) is 27.0 Å². The van der Waals surface area contributed by atoms with Crippen molar-refractivity contribution < 1.29 is 4.79 Å². The molecule has 0 radical (unpaired) electrons. The summed E-state index contributed by atoms with van der Waals surface area (Å²) in [5.74, 6) is 0.0480. The van der Waals surface area contributed by atoms with Gasteiger partial charge in [0.1, 0.15) is 10.7 Å². The topological polar surface area (TPSA) is 45.2 Å². The van der Waals surface area contributed by atoms with Gasteiger partial charge in [-0.05, 0) is 41.0 Å². The van der Waals surface area contributed by atoms with Crippen LogP contribution in [-0.4, -0.2) is 42.0 Å². The Kier molecular flexibility index (Phi) is 4.50. The lowest BCUT2D eigenvalue weighted by molar-refractivity contribution is 0.0761. The number of halogens is 1. The van der Waals surface area contributed by atoms with Gasteiger partial charge in [0.05, 0.1) is 8.66 Å². The molecule has 0 aliphatic carbocycles. The Morgan fingerprint density at radius 2 is 2.25 bits per heavy atom. The fourth-order valence-corrected chi connectivity index (χ4v) is 4.38. The van der Waals surface area contributed by atoms with Crippen LogP contribution >= 0.6 is 38.6 Å². The number of carbonyl (C=O) groups excluding carboxylic acids is 1. The molecule has 0 aromatic carbocycles. The van der Waals surface area contributed by atoms with Crippen molar-refractivity contribution in [1.82, 2.24) is 15.2 Å². The Labute approximate surface area is 134 Å². The van der Waals surface area contributed by atoms with Gasteiger partial charge in [-0.3, -0.25) is 4.79 Å². The van der Waals surface area contributed by atoms with E-state index < -0.39 is 0 Å². The highest BCUT2D eigenvalue weighted by Crippen LogP contribution is 2.33. The molecule has 7 heteroatoms. The van der Waals surface area contributed by atoms with Crippen LogP contribution in [0.15, 0.2) is 21.3 Å². The smallest absolute Gasteiger partial charge is 0.273 e. The first-order chi connectivity index (χ1) is 9.74. The zero-order valence-corrected chi connectivity index (χ0v) is 14.0. The van der Waals surface area contributed by atoms with Crippen LogP contribution in [0.4, 0.5) is 0 Å². The van der Waals surface area contributed by atoms with Crippen molar-refractivity contribution in [2.45, 2.75) is 6.42 Å². The Morgan fingerprint density at radius 3 is 3.05 bits per heavy atom. The van der Waals surface area contributed by atoms with Crippen LogP contribution in [0.25, 0.3) is 9.88 Å². The van der Waals surface area contributed by atoms with Gasteiger partial charge in [0.2, 0.25) is 0 Å². The molecule has 2 aromatic heterocycles. The van der Waals surface area contributed by atoms with E-state index in [9.17, 15) is 4.79 Å². The van der Waals surface area contributed by atoms with Gasteiger partial charge in [-0.25, -0.2) is 4.98 Å². The number of hydrogen-bond acceptors (Lipinski definition) is 5. The summed E-state index contributed by atoms with van der Waals surface area (Å²) < 4.78 is 1.08. The van der Waals surface area contributed by atoms with Crippen LogP contribution in [-0.2, 0) is 0 Å². The van der Waals surface area contributed by atoms with Gasteiger partial charge in [0.15, 0.2) is 0 Å². The Hall–Kier alpha value is -0.760. The van der Waals surface area contributed by atoms with Gasteiger partial charge in [0.25, 0.3) is 5.91 Å². The van der Waals surface area contributed by atoms with E-state index in [1.54, 1.807) is 11.3 Å². The molecule has 3 heterocycles. The van der Waals surface area contributed by atoms with E-state index in [4.69, 9.17) is 0 Å². The molecule has 1 amide bonds. The van der Waals surface area contributed by atoms with E-state index in [-0.39, 0.29) is 5.91 Å². The van der Waals surface area contributed by atoms with Crippen LogP contribution in [0, 0.1) is 0 Å². The molecule has 1 fully saturated rings. The van der Waals surface area contributed by atoms with Crippen LogP contribution in [0.2, 0.25) is 0 Å². The number of carbonyl (C=O) groups is 1. The molecule has 0 spiro atoms. The minimum absolute atomic E-state index is 0.0480. The number of rotatable bonds is 2. The third-order valence-electron chi connectivity index (χ3n) is 3.13. The minimum atomic E-state index is 0.0480. The molecule has 3 rings (SSSR count). The van der Waals surface area contributed by atoms with Crippen molar-refractivity contribution in [2.24, 2.45) is 0 Å². The van der Waals surface area contributed by atoms with E-state index in [0.717, 1.165) is 46.3 Å². The second-order valence-electron chi connectivity index (χ2n) is 4.54. The van der Waals surface area contributed by atoms with Crippen molar-refractivity contribution in [2.75, 3.05) is 26.2 Å². The molecule has 0 bridgehead atoms. The Bertz CT molecular complexity index is 602. The average Bonchev–Trinajstić information content (AvgIpc) is 3.00. The zero-order valence-electron chi connectivity index (χ0n) is 10.8. The summed E-state index contributed by atoms with van der Waals surface area (Å²) in [6, 6.07) is 4.03. The van der Waals surface area contributed by atoms with Gasteiger partial charge < -0.3 is 10.2 Å². The second-order valence-corrected chi connectivity index (χ2v) is 7.86. The summed E-state index contributed by atoms with van der Waals surface area (Å²) in [6.07, 6.45) is 1.00. The lowest BCUT2D eigenvalue weighted by atomic mass is 10.3. The highest BCUT2D eigenvalue weighted by molar-refractivity contribution is 9.11. The molecule has 4 nitrogen and oxygen atoms in total. The first kappa shape index (κ1) is 14.2. The molecule has 0 atom stereocenters. The summed E-state index contributed by atoms with van der Waals surface area (Å²) in [4.78, 5) is 19.9. The number of amides is 1. The first-order valence-electron chi connectivity index (χ1n) is 6.45. The quantitative estimate of drug-likeness (QED) is 0.881. The van der Waals surface area contributed by atoms with Gasteiger partial charge in [0, 0.05) is 25.0 Å². The van der Waals surface area contributed by atoms with Gasteiger partial charge >= 0.3 is 0 Å². The van der Waals surface area contributed by atoms with Gasteiger partial charge in [-0.15, -0.1) is 22.7 Å². The lowest BCUT2D eigenvalue weighted by Crippen LogP contribution is -2.34. The van der Waals surface area contributed by atoms with E-state index >= 15 is 0 Å². The highest BCUT2D eigenvalue weighted by Gasteiger charge is 2.20. The number of hydrogen-bond donors (Lipinski definition) is 1.